The molecule has 0 heterocycles. The van der Waals surface area contributed by atoms with Gasteiger partial charge in [-0.3, -0.25) is 9.59 Å². The second kappa shape index (κ2) is 6.23. The Morgan fingerprint density at radius 2 is 1.84 bits per heavy atom. The predicted molar refractivity (Wildman–Crippen MR) is 60.2 cm³/mol. The molecule has 0 aromatic heterocycles. The van der Waals surface area contributed by atoms with Crippen LogP contribution in [0.3, 0.4) is 0 Å². The van der Waals surface area contributed by atoms with E-state index in [9.17, 15) is 22.8 Å². The molecule has 1 aliphatic rings. The van der Waals surface area contributed by atoms with Gasteiger partial charge in [-0.2, -0.15) is 13.2 Å². The zero-order valence-corrected chi connectivity index (χ0v) is 10.3. The molecule has 1 amide bonds. The minimum absolute atomic E-state index is 0.332. The molecule has 2 atom stereocenters. The van der Waals surface area contributed by atoms with Gasteiger partial charge < -0.3 is 15.7 Å². The SMILES string of the molecule is NC1CCCCC1C(=O)N(CC(=O)O)CC(F)(F)F. The van der Waals surface area contributed by atoms with E-state index in [1.54, 1.807) is 0 Å². The van der Waals surface area contributed by atoms with Gasteiger partial charge >= 0.3 is 12.1 Å². The van der Waals surface area contributed by atoms with Gasteiger partial charge in [0.15, 0.2) is 0 Å². The number of halogens is 3. The van der Waals surface area contributed by atoms with Gasteiger partial charge in [0.25, 0.3) is 0 Å². The lowest BCUT2D eigenvalue weighted by Crippen LogP contribution is -2.49. The molecule has 1 saturated carbocycles. The van der Waals surface area contributed by atoms with E-state index in [4.69, 9.17) is 10.8 Å². The number of carboxylic acid groups (broad SMARTS) is 1. The molecule has 3 N–H and O–H groups in total. The summed E-state index contributed by atoms with van der Waals surface area (Å²) >= 11 is 0. The lowest BCUT2D eigenvalue weighted by molar-refractivity contribution is -0.168. The van der Waals surface area contributed by atoms with Crippen LogP contribution in [-0.2, 0) is 9.59 Å². The molecule has 8 heteroatoms. The molecule has 0 aromatic rings. The molecule has 0 bridgehead atoms. The highest BCUT2D eigenvalue weighted by Crippen LogP contribution is 2.26. The largest absolute Gasteiger partial charge is 0.480 e. The van der Waals surface area contributed by atoms with E-state index in [1.165, 1.54) is 0 Å². The van der Waals surface area contributed by atoms with Crippen molar-refractivity contribution >= 4 is 11.9 Å². The second-order valence-electron chi connectivity index (χ2n) is 4.76. The summed E-state index contributed by atoms with van der Waals surface area (Å²) < 4.78 is 37.1. The Kier molecular flexibility index (Phi) is 5.16. The molecular weight excluding hydrogens is 265 g/mol. The van der Waals surface area contributed by atoms with Crippen molar-refractivity contribution in [3.63, 3.8) is 0 Å². The van der Waals surface area contributed by atoms with Crippen molar-refractivity contribution in [3.05, 3.63) is 0 Å². The summed E-state index contributed by atoms with van der Waals surface area (Å²) in [4.78, 5) is 22.9. The third-order valence-electron chi connectivity index (χ3n) is 3.14. The molecule has 19 heavy (non-hydrogen) atoms. The molecule has 0 aromatic carbocycles. The van der Waals surface area contributed by atoms with E-state index in [2.05, 4.69) is 0 Å². The molecule has 1 rings (SSSR count). The first kappa shape index (κ1) is 15.7. The molecule has 0 radical (unpaired) electrons. The fourth-order valence-electron chi connectivity index (χ4n) is 2.29. The summed E-state index contributed by atoms with van der Waals surface area (Å²) in [7, 11) is 0. The fraction of sp³-hybridized carbons (Fsp3) is 0.818. The monoisotopic (exact) mass is 282 g/mol. The molecule has 0 saturated heterocycles. The zero-order valence-electron chi connectivity index (χ0n) is 10.3. The maximum atomic E-state index is 12.4. The number of rotatable bonds is 4. The van der Waals surface area contributed by atoms with E-state index in [0.29, 0.717) is 17.7 Å². The van der Waals surface area contributed by atoms with Crippen molar-refractivity contribution < 1.29 is 27.9 Å². The van der Waals surface area contributed by atoms with Crippen LogP contribution in [0.1, 0.15) is 25.7 Å². The minimum Gasteiger partial charge on any atom is -0.480 e. The van der Waals surface area contributed by atoms with E-state index < -0.39 is 43.1 Å². The fourth-order valence-corrected chi connectivity index (χ4v) is 2.29. The van der Waals surface area contributed by atoms with Crippen LogP contribution in [0.5, 0.6) is 0 Å². The summed E-state index contributed by atoms with van der Waals surface area (Å²) in [5.41, 5.74) is 5.74. The standard InChI is InChI=1S/C11H17F3N2O3/c12-11(13,14)6-16(5-9(17)18)10(19)7-3-1-2-4-8(7)15/h7-8H,1-6,15H2,(H,17,18). The first-order chi connectivity index (χ1) is 8.70. The number of hydrogen-bond acceptors (Lipinski definition) is 3. The van der Waals surface area contributed by atoms with Crippen molar-refractivity contribution in [1.82, 2.24) is 4.90 Å². The number of aliphatic carboxylic acids is 1. The van der Waals surface area contributed by atoms with Crippen LogP contribution >= 0.6 is 0 Å². The number of hydrogen-bond donors (Lipinski definition) is 2. The Bertz CT molecular complexity index is 347. The van der Waals surface area contributed by atoms with Crippen molar-refractivity contribution in [3.8, 4) is 0 Å². The van der Waals surface area contributed by atoms with Gasteiger partial charge in [0.2, 0.25) is 5.91 Å². The van der Waals surface area contributed by atoms with Crippen molar-refractivity contribution in [2.45, 2.75) is 37.9 Å². The van der Waals surface area contributed by atoms with Gasteiger partial charge in [0.1, 0.15) is 13.1 Å². The third-order valence-corrected chi connectivity index (χ3v) is 3.14. The van der Waals surface area contributed by atoms with Crippen LogP contribution in [-0.4, -0.2) is 47.2 Å². The Labute approximate surface area is 108 Å². The molecule has 1 fully saturated rings. The quantitative estimate of drug-likeness (QED) is 0.805. The normalized spacial score (nSPS) is 24.0. The molecule has 2 unspecified atom stereocenters. The van der Waals surface area contributed by atoms with Crippen molar-refractivity contribution in [2.75, 3.05) is 13.1 Å². The lowest BCUT2D eigenvalue weighted by atomic mass is 9.84. The summed E-state index contributed by atoms with van der Waals surface area (Å²) in [6, 6.07) is -0.495. The summed E-state index contributed by atoms with van der Waals surface area (Å²) in [5.74, 6) is -3.00. The van der Waals surface area contributed by atoms with Crippen LogP contribution in [0.2, 0.25) is 0 Å². The van der Waals surface area contributed by atoms with Crippen LogP contribution in [0.25, 0.3) is 0 Å². The van der Waals surface area contributed by atoms with Crippen LogP contribution < -0.4 is 5.73 Å². The topological polar surface area (TPSA) is 83.6 Å². The van der Waals surface area contributed by atoms with Gasteiger partial charge in [-0.05, 0) is 12.8 Å². The molecule has 5 nitrogen and oxygen atoms in total. The number of alkyl halides is 3. The third kappa shape index (κ3) is 5.06. The van der Waals surface area contributed by atoms with E-state index >= 15 is 0 Å². The molecule has 110 valence electrons. The first-order valence-corrected chi connectivity index (χ1v) is 6.03. The Morgan fingerprint density at radius 3 is 2.32 bits per heavy atom. The number of nitrogens with two attached hydrogens (primary N) is 1. The second-order valence-corrected chi connectivity index (χ2v) is 4.76. The zero-order chi connectivity index (χ0) is 14.6. The Hall–Kier alpha value is -1.31. The van der Waals surface area contributed by atoms with Gasteiger partial charge in [-0.15, -0.1) is 0 Å². The van der Waals surface area contributed by atoms with Gasteiger partial charge in [0.05, 0.1) is 5.92 Å². The van der Waals surface area contributed by atoms with E-state index in [1.807, 2.05) is 0 Å². The maximum absolute atomic E-state index is 12.4. The van der Waals surface area contributed by atoms with Gasteiger partial charge in [-0.25, -0.2) is 0 Å². The number of nitrogens with zero attached hydrogens (tertiary/aromatic N) is 1. The van der Waals surface area contributed by atoms with Gasteiger partial charge in [0, 0.05) is 6.04 Å². The molecular formula is C11H17F3N2O3. The highest BCUT2D eigenvalue weighted by Gasteiger charge is 2.38. The highest BCUT2D eigenvalue weighted by molar-refractivity contribution is 5.83. The number of carboxylic acids is 1. The summed E-state index contributed by atoms with van der Waals surface area (Å²) in [6.45, 7) is -2.51. The lowest BCUT2D eigenvalue weighted by Gasteiger charge is -2.32. The number of carbonyl (C=O) groups excluding carboxylic acids is 1. The first-order valence-electron chi connectivity index (χ1n) is 6.03. The average molecular weight is 282 g/mol. The predicted octanol–water partition coefficient (Wildman–Crippen LogP) is 0.979. The molecule has 0 spiro atoms. The van der Waals surface area contributed by atoms with Crippen LogP contribution in [0, 0.1) is 5.92 Å². The Morgan fingerprint density at radius 1 is 1.26 bits per heavy atom. The molecule has 1 aliphatic carbocycles. The van der Waals surface area contributed by atoms with Crippen LogP contribution in [0.4, 0.5) is 13.2 Å². The van der Waals surface area contributed by atoms with E-state index in [-0.39, 0.29) is 0 Å². The smallest absolute Gasteiger partial charge is 0.406 e. The van der Waals surface area contributed by atoms with Crippen molar-refractivity contribution in [1.29, 1.82) is 0 Å². The number of amides is 1. The Balaban J connectivity index is 2.77. The summed E-state index contributed by atoms with van der Waals surface area (Å²) in [5, 5.41) is 8.60. The molecule has 0 aliphatic heterocycles. The van der Waals surface area contributed by atoms with Gasteiger partial charge in [-0.1, -0.05) is 12.8 Å². The highest BCUT2D eigenvalue weighted by atomic mass is 19.4. The van der Waals surface area contributed by atoms with E-state index in [0.717, 1.165) is 12.8 Å². The van der Waals surface area contributed by atoms with Crippen molar-refractivity contribution in [2.24, 2.45) is 11.7 Å². The summed E-state index contributed by atoms with van der Waals surface area (Å²) in [6.07, 6.45) is -2.08. The maximum Gasteiger partial charge on any atom is 0.406 e. The minimum atomic E-state index is -4.62. The average Bonchev–Trinajstić information content (AvgIpc) is 2.25. The van der Waals surface area contributed by atoms with Crippen LogP contribution in [0.15, 0.2) is 0 Å². The number of carbonyl (C=O) groups is 2.